The van der Waals surface area contributed by atoms with Gasteiger partial charge in [0.15, 0.2) is 0 Å². The first-order valence-corrected chi connectivity index (χ1v) is 8.53. The number of amides is 1. The van der Waals surface area contributed by atoms with Gasteiger partial charge < -0.3 is 14.5 Å². The standard InChI is InChI=1S/C18H21N5O2/c1-14-9-20-17(21-10-14)22-7-4-18(5-8-22)13-23(16(24)12-25-18)15-3-2-6-19-11-15/h2-3,6,9-11H,4-5,7-8,12-13H2,1H3. The first kappa shape index (κ1) is 16.0. The third kappa shape index (κ3) is 3.19. The highest BCUT2D eigenvalue weighted by atomic mass is 16.5. The van der Waals surface area contributed by atoms with E-state index in [1.165, 1.54) is 0 Å². The Morgan fingerprint density at radius 2 is 1.92 bits per heavy atom. The van der Waals surface area contributed by atoms with Crippen LogP contribution in [0.2, 0.25) is 0 Å². The van der Waals surface area contributed by atoms with Crippen molar-refractivity contribution in [2.45, 2.75) is 25.4 Å². The van der Waals surface area contributed by atoms with E-state index >= 15 is 0 Å². The van der Waals surface area contributed by atoms with Crippen LogP contribution in [0.25, 0.3) is 0 Å². The Bertz CT molecular complexity index is 742. The summed E-state index contributed by atoms with van der Waals surface area (Å²) in [7, 11) is 0. The molecule has 2 fully saturated rings. The van der Waals surface area contributed by atoms with Crippen LogP contribution in [-0.2, 0) is 9.53 Å². The first-order chi connectivity index (χ1) is 12.2. The maximum absolute atomic E-state index is 12.3. The fraction of sp³-hybridized carbons (Fsp3) is 0.444. The molecule has 130 valence electrons. The van der Waals surface area contributed by atoms with E-state index in [1.807, 2.05) is 31.5 Å². The molecule has 0 aliphatic carbocycles. The van der Waals surface area contributed by atoms with Gasteiger partial charge >= 0.3 is 0 Å². The Balaban J connectivity index is 1.46. The van der Waals surface area contributed by atoms with Crippen LogP contribution in [0, 0.1) is 6.92 Å². The number of aromatic nitrogens is 3. The zero-order valence-electron chi connectivity index (χ0n) is 14.3. The third-order valence-corrected chi connectivity index (χ3v) is 4.93. The van der Waals surface area contributed by atoms with E-state index in [0.717, 1.165) is 43.1 Å². The van der Waals surface area contributed by atoms with Gasteiger partial charge in [0.2, 0.25) is 5.95 Å². The molecule has 2 aromatic heterocycles. The number of hydrogen-bond donors (Lipinski definition) is 0. The molecule has 2 aliphatic heterocycles. The summed E-state index contributed by atoms with van der Waals surface area (Å²) in [6.45, 7) is 4.31. The second-order valence-electron chi connectivity index (χ2n) is 6.71. The largest absolute Gasteiger partial charge is 0.363 e. The van der Waals surface area contributed by atoms with E-state index in [-0.39, 0.29) is 18.1 Å². The van der Waals surface area contributed by atoms with Gasteiger partial charge in [0, 0.05) is 31.7 Å². The van der Waals surface area contributed by atoms with E-state index < -0.39 is 0 Å². The van der Waals surface area contributed by atoms with Crippen LogP contribution in [0.4, 0.5) is 11.6 Å². The van der Waals surface area contributed by atoms with Gasteiger partial charge in [-0.1, -0.05) is 0 Å². The van der Waals surface area contributed by atoms with Crippen LogP contribution in [0.1, 0.15) is 18.4 Å². The van der Waals surface area contributed by atoms with Crippen molar-refractivity contribution in [1.82, 2.24) is 15.0 Å². The minimum atomic E-state index is -0.301. The molecule has 0 bridgehead atoms. The molecular formula is C18H21N5O2. The molecular weight excluding hydrogens is 318 g/mol. The second kappa shape index (κ2) is 6.40. The minimum Gasteiger partial charge on any atom is -0.363 e. The van der Waals surface area contributed by atoms with Crippen molar-refractivity contribution >= 4 is 17.5 Å². The maximum Gasteiger partial charge on any atom is 0.253 e. The molecule has 7 heteroatoms. The van der Waals surface area contributed by atoms with Crippen LogP contribution < -0.4 is 9.80 Å². The van der Waals surface area contributed by atoms with E-state index in [0.29, 0.717) is 6.54 Å². The fourth-order valence-electron chi connectivity index (χ4n) is 3.43. The zero-order chi connectivity index (χ0) is 17.3. The molecule has 4 heterocycles. The average molecular weight is 339 g/mol. The molecule has 1 amide bonds. The lowest BCUT2D eigenvalue weighted by molar-refractivity contribution is -0.141. The molecule has 25 heavy (non-hydrogen) atoms. The van der Waals surface area contributed by atoms with Gasteiger partial charge in [-0.2, -0.15) is 0 Å². The monoisotopic (exact) mass is 339 g/mol. The van der Waals surface area contributed by atoms with Crippen molar-refractivity contribution in [2.75, 3.05) is 36.0 Å². The van der Waals surface area contributed by atoms with Crippen LogP contribution in [0.3, 0.4) is 0 Å². The highest BCUT2D eigenvalue weighted by Crippen LogP contribution is 2.33. The number of carbonyl (C=O) groups is 1. The van der Waals surface area contributed by atoms with Gasteiger partial charge in [-0.15, -0.1) is 0 Å². The van der Waals surface area contributed by atoms with Crippen LogP contribution >= 0.6 is 0 Å². The average Bonchev–Trinajstić information content (AvgIpc) is 2.66. The predicted molar refractivity (Wildman–Crippen MR) is 93.5 cm³/mol. The molecule has 0 unspecified atom stereocenters. The number of aryl methyl sites for hydroxylation is 1. The minimum absolute atomic E-state index is 0.0112. The molecule has 4 rings (SSSR count). The summed E-state index contributed by atoms with van der Waals surface area (Å²) in [5.41, 5.74) is 1.59. The summed E-state index contributed by atoms with van der Waals surface area (Å²) < 4.78 is 5.99. The van der Waals surface area contributed by atoms with Crippen molar-refractivity contribution in [3.05, 3.63) is 42.5 Å². The molecule has 0 saturated carbocycles. The Hall–Kier alpha value is -2.54. The van der Waals surface area contributed by atoms with E-state index in [4.69, 9.17) is 4.74 Å². The Labute approximate surface area is 146 Å². The summed E-state index contributed by atoms with van der Waals surface area (Å²) in [5, 5.41) is 0. The molecule has 2 aromatic rings. The van der Waals surface area contributed by atoms with Crippen LogP contribution in [0.15, 0.2) is 36.9 Å². The lowest BCUT2D eigenvalue weighted by atomic mass is 9.89. The summed E-state index contributed by atoms with van der Waals surface area (Å²) in [4.78, 5) is 29.2. The molecule has 1 spiro atoms. The van der Waals surface area contributed by atoms with Crippen molar-refractivity contribution in [3.63, 3.8) is 0 Å². The van der Waals surface area contributed by atoms with Crippen LogP contribution in [0.5, 0.6) is 0 Å². The molecule has 0 atom stereocenters. The van der Waals surface area contributed by atoms with E-state index in [2.05, 4.69) is 19.9 Å². The van der Waals surface area contributed by atoms with Gasteiger partial charge in [0.25, 0.3) is 5.91 Å². The topological polar surface area (TPSA) is 71.5 Å². The lowest BCUT2D eigenvalue weighted by Gasteiger charge is -2.46. The van der Waals surface area contributed by atoms with Crippen molar-refractivity contribution in [1.29, 1.82) is 0 Å². The first-order valence-electron chi connectivity index (χ1n) is 8.53. The number of rotatable bonds is 2. The van der Waals surface area contributed by atoms with Gasteiger partial charge in [-0.25, -0.2) is 9.97 Å². The molecule has 0 N–H and O–H groups in total. The lowest BCUT2D eigenvalue weighted by Crippen LogP contribution is -2.59. The number of anilines is 2. The quantitative estimate of drug-likeness (QED) is 0.827. The van der Waals surface area contributed by atoms with Crippen molar-refractivity contribution in [2.24, 2.45) is 0 Å². The summed E-state index contributed by atoms with van der Waals surface area (Å²) in [6.07, 6.45) is 8.80. The summed E-state index contributed by atoms with van der Waals surface area (Å²) in [5.74, 6) is 0.749. The van der Waals surface area contributed by atoms with Crippen molar-refractivity contribution < 1.29 is 9.53 Å². The smallest absolute Gasteiger partial charge is 0.253 e. The molecule has 0 aromatic carbocycles. The number of ether oxygens (including phenoxy) is 1. The zero-order valence-corrected chi connectivity index (χ0v) is 14.3. The molecule has 7 nitrogen and oxygen atoms in total. The van der Waals surface area contributed by atoms with Crippen LogP contribution in [-0.4, -0.2) is 52.7 Å². The highest BCUT2D eigenvalue weighted by Gasteiger charge is 2.43. The maximum atomic E-state index is 12.3. The van der Waals surface area contributed by atoms with E-state index in [1.54, 1.807) is 17.3 Å². The molecule has 2 saturated heterocycles. The second-order valence-corrected chi connectivity index (χ2v) is 6.71. The normalized spacial score (nSPS) is 20.1. The number of hydrogen-bond acceptors (Lipinski definition) is 6. The molecule has 0 radical (unpaired) electrons. The third-order valence-electron chi connectivity index (χ3n) is 4.93. The summed E-state index contributed by atoms with van der Waals surface area (Å²) >= 11 is 0. The predicted octanol–water partition coefficient (Wildman–Crippen LogP) is 1.58. The van der Waals surface area contributed by atoms with E-state index in [9.17, 15) is 4.79 Å². The number of carbonyl (C=O) groups excluding carboxylic acids is 1. The number of piperidine rings is 1. The Kier molecular flexibility index (Phi) is 4.09. The highest BCUT2D eigenvalue weighted by molar-refractivity contribution is 5.95. The SMILES string of the molecule is Cc1cnc(N2CCC3(CC2)CN(c2cccnc2)C(=O)CO3)nc1. The van der Waals surface area contributed by atoms with Gasteiger partial charge in [-0.05, 0) is 37.5 Å². The fourth-order valence-corrected chi connectivity index (χ4v) is 3.43. The Morgan fingerprint density at radius 1 is 1.16 bits per heavy atom. The van der Waals surface area contributed by atoms with Gasteiger partial charge in [-0.3, -0.25) is 9.78 Å². The number of morpholine rings is 1. The number of nitrogens with zero attached hydrogens (tertiary/aromatic N) is 5. The van der Waals surface area contributed by atoms with Crippen molar-refractivity contribution in [3.8, 4) is 0 Å². The van der Waals surface area contributed by atoms with Gasteiger partial charge in [0.1, 0.15) is 6.61 Å². The number of pyridine rings is 1. The summed E-state index contributed by atoms with van der Waals surface area (Å²) in [6, 6.07) is 3.77. The molecule has 2 aliphatic rings. The van der Waals surface area contributed by atoms with Gasteiger partial charge in [0.05, 0.1) is 24.0 Å². The Morgan fingerprint density at radius 3 is 2.60 bits per heavy atom.